The van der Waals surface area contributed by atoms with E-state index in [1.54, 1.807) is 19.2 Å². The summed E-state index contributed by atoms with van der Waals surface area (Å²) in [4.78, 5) is 25.0. The van der Waals surface area contributed by atoms with Crippen molar-refractivity contribution in [1.29, 1.82) is 0 Å². The highest BCUT2D eigenvalue weighted by atomic mass is 19.1. The van der Waals surface area contributed by atoms with Gasteiger partial charge in [-0.2, -0.15) is 4.68 Å². The molecule has 2 atom stereocenters. The quantitative estimate of drug-likeness (QED) is 0.588. The summed E-state index contributed by atoms with van der Waals surface area (Å²) in [5.41, 5.74) is 3.18. The van der Waals surface area contributed by atoms with Gasteiger partial charge in [0.15, 0.2) is 0 Å². The lowest BCUT2D eigenvalue weighted by molar-refractivity contribution is -0.134. The SMILES string of the molecule is [C-]#[N+]c1c(F)ccc([C@H]2CN3CCN(C(=O)Cc4ccc(-n5cnnn5)cn4)C[C@H]3CN2)c1C. The smallest absolute Gasteiger partial charge is 0.228 e. The molecule has 5 rings (SSSR count). The van der Waals surface area contributed by atoms with E-state index in [2.05, 4.69) is 35.6 Å². The van der Waals surface area contributed by atoms with Crippen LogP contribution in [0.25, 0.3) is 10.5 Å². The molecule has 2 saturated heterocycles. The predicted octanol–water partition coefficient (Wildman–Crippen LogP) is 1.46. The number of rotatable bonds is 4. The van der Waals surface area contributed by atoms with Gasteiger partial charge in [0.2, 0.25) is 11.6 Å². The fourth-order valence-corrected chi connectivity index (χ4v) is 4.74. The fraction of sp³-hybridized carbons (Fsp3) is 0.391. The van der Waals surface area contributed by atoms with E-state index in [0.29, 0.717) is 24.3 Å². The monoisotopic (exact) mass is 461 g/mol. The third-order valence-corrected chi connectivity index (χ3v) is 6.64. The molecule has 2 fully saturated rings. The average molecular weight is 462 g/mol. The van der Waals surface area contributed by atoms with Crippen molar-refractivity contribution in [3.05, 3.63) is 70.8 Å². The maximum Gasteiger partial charge on any atom is 0.228 e. The maximum atomic E-state index is 13.9. The number of nitrogens with one attached hydrogen (secondary N) is 1. The molecule has 0 saturated carbocycles. The number of hydrogen-bond acceptors (Lipinski definition) is 7. The van der Waals surface area contributed by atoms with Gasteiger partial charge in [-0.25, -0.2) is 9.24 Å². The minimum Gasteiger partial charge on any atom is -0.339 e. The number of aromatic nitrogens is 5. The molecule has 0 spiro atoms. The van der Waals surface area contributed by atoms with Crippen LogP contribution in [-0.2, 0) is 11.2 Å². The lowest BCUT2D eigenvalue weighted by Gasteiger charge is -2.47. The summed E-state index contributed by atoms with van der Waals surface area (Å²) in [6.45, 7) is 12.6. The van der Waals surface area contributed by atoms with E-state index in [-0.39, 0.29) is 30.1 Å². The van der Waals surface area contributed by atoms with Crippen LogP contribution in [0.15, 0.2) is 36.8 Å². The zero-order valence-corrected chi connectivity index (χ0v) is 18.7. The Labute approximate surface area is 196 Å². The number of hydrogen-bond donors (Lipinski definition) is 1. The van der Waals surface area contributed by atoms with E-state index in [4.69, 9.17) is 6.57 Å². The number of nitrogens with zero attached hydrogens (tertiary/aromatic N) is 8. The predicted molar refractivity (Wildman–Crippen MR) is 121 cm³/mol. The highest BCUT2D eigenvalue weighted by molar-refractivity contribution is 5.78. The highest BCUT2D eigenvalue weighted by Gasteiger charge is 2.35. The molecule has 2 aliphatic heterocycles. The van der Waals surface area contributed by atoms with Crippen LogP contribution in [0.3, 0.4) is 0 Å². The first kappa shape index (κ1) is 22.1. The Morgan fingerprint density at radius 2 is 2.15 bits per heavy atom. The van der Waals surface area contributed by atoms with Crippen molar-refractivity contribution >= 4 is 11.6 Å². The average Bonchev–Trinajstić information content (AvgIpc) is 3.39. The standard InChI is InChI=1S/C23H24FN9O/c1-15-19(5-6-20(24)23(15)25-2)21-13-31-7-8-32(12-18(31)11-27-21)22(34)9-16-3-4-17(10-26-16)33-14-28-29-30-33/h3-6,10,14,18,21,27H,7-9,11-13H2,1H3/t18-,21-/m1/s1. The van der Waals surface area contributed by atoms with Crippen molar-refractivity contribution < 1.29 is 9.18 Å². The first-order valence-electron chi connectivity index (χ1n) is 11.1. The molecule has 1 N–H and O–H groups in total. The van der Waals surface area contributed by atoms with Crippen molar-refractivity contribution in [2.24, 2.45) is 0 Å². The summed E-state index contributed by atoms with van der Waals surface area (Å²) >= 11 is 0. The van der Waals surface area contributed by atoms with Crippen LogP contribution in [0.4, 0.5) is 10.1 Å². The number of amides is 1. The molecule has 11 heteroatoms. The van der Waals surface area contributed by atoms with E-state index in [0.717, 1.165) is 30.9 Å². The Hall–Kier alpha value is -3.75. The van der Waals surface area contributed by atoms with Crippen LogP contribution < -0.4 is 5.32 Å². The zero-order chi connectivity index (χ0) is 23.7. The van der Waals surface area contributed by atoms with Crippen molar-refractivity contribution in [3.8, 4) is 5.69 Å². The van der Waals surface area contributed by atoms with Crippen molar-refractivity contribution in [2.75, 3.05) is 32.7 Å². The highest BCUT2D eigenvalue weighted by Crippen LogP contribution is 2.32. The molecule has 2 aliphatic rings. The number of pyridine rings is 1. The Bertz CT molecular complexity index is 1220. The molecule has 174 valence electrons. The Morgan fingerprint density at radius 3 is 2.88 bits per heavy atom. The summed E-state index contributed by atoms with van der Waals surface area (Å²) in [6.07, 6.45) is 3.39. The Balaban J connectivity index is 1.19. The Morgan fingerprint density at radius 1 is 1.26 bits per heavy atom. The van der Waals surface area contributed by atoms with Crippen LogP contribution in [-0.4, -0.2) is 79.7 Å². The maximum absolute atomic E-state index is 13.9. The second-order valence-corrected chi connectivity index (χ2v) is 8.61. The van der Waals surface area contributed by atoms with Crippen LogP contribution in [0.5, 0.6) is 0 Å². The molecule has 0 aliphatic carbocycles. The largest absolute Gasteiger partial charge is 0.339 e. The van der Waals surface area contributed by atoms with Gasteiger partial charge in [0.25, 0.3) is 0 Å². The number of fused-ring (bicyclic) bond motifs is 1. The van der Waals surface area contributed by atoms with Crippen LogP contribution in [0, 0.1) is 19.3 Å². The van der Waals surface area contributed by atoms with Gasteiger partial charge in [-0.15, -0.1) is 5.10 Å². The number of piperazine rings is 2. The van der Waals surface area contributed by atoms with E-state index in [1.807, 2.05) is 17.0 Å². The molecule has 3 aromatic rings. The number of tetrazole rings is 1. The minimum atomic E-state index is -0.475. The molecular formula is C23H24FN9O. The lowest BCUT2D eigenvalue weighted by Crippen LogP contribution is -2.62. The van der Waals surface area contributed by atoms with Gasteiger partial charge in [0.05, 0.1) is 24.9 Å². The molecular weight excluding hydrogens is 437 g/mol. The zero-order valence-electron chi connectivity index (χ0n) is 18.7. The molecule has 0 unspecified atom stereocenters. The van der Waals surface area contributed by atoms with Gasteiger partial charge in [0.1, 0.15) is 12.1 Å². The van der Waals surface area contributed by atoms with E-state index in [1.165, 1.54) is 17.1 Å². The first-order chi connectivity index (χ1) is 16.5. The third-order valence-electron chi connectivity index (χ3n) is 6.64. The van der Waals surface area contributed by atoms with E-state index < -0.39 is 5.82 Å². The molecule has 10 nitrogen and oxygen atoms in total. The molecule has 0 radical (unpaired) electrons. The summed E-state index contributed by atoms with van der Waals surface area (Å²) in [5, 5.41) is 14.6. The van der Waals surface area contributed by atoms with Crippen LogP contribution in [0.1, 0.15) is 22.9 Å². The Kier molecular flexibility index (Phi) is 6.00. The lowest BCUT2D eigenvalue weighted by atomic mass is 9.95. The fourth-order valence-electron chi connectivity index (χ4n) is 4.74. The molecule has 1 aromatic carbocycles. The number of carbonyl (C=O) groups excluding carboxylic acids is 1. The summed E-state index contributed by atoms with van der Waals surface area (Å²) < 4.78 is 15.4. The van der Waals surface area contributed by atoms with Crippen LogP contribution in [0.2, 0.25) is 0 Å². The summed E-state index contributed by atoms with van der Waals surface area (Å²) in [6, 6.07) is 7.05. The molecule has 0 bridgehead atoms. The van der Waals surface area contributed by atoms with Gasteiger partial charge >= 0.3 is 0 Å². The van der Waals surface area contributed by atoms with Crippen molar-refractivity contribution in [3.63, 3.8) is 0 Å². The van der Waals surface area contributed by atoms with E-state index in [9.17, 15) is 9.18 Å². The molecule has 34 heavy (non-hydrogen) atoms. The molecule has 1 amide bonds. The van der Waals surface area contributed by atoms with Gasteiger partial charge in [0, 0.05) is 50.5 Å². The van der Waals surface area contributed by atoms with Gasteiger partial charge in [-0.1, -0.05) is 6.07 Å². The number of benzene rings is 1. The summed E-state index contributed by atoms with van der Waals surface area (Å²) in [5.74, 6) is -0.419. The van der Waals surface area contributed by atoms with Gasteiger partial charge in [-0.05, 0) is 46.7 Å². The topological polar surface area (TPSA) is 96.4 Å². The van der Waals surface area contributed by atoms with E-state index >= 15 is 0 Å². The van der Waals surface area contributed by atoms with Crippen LogP contribution >= 0.6 is 0 Å². The number of carbonyl (C=O) groups is 1. The normalized spacial score (nSPS) is 20.6. The first-order valence-corrected chi connectivity index (χ1v) is 11.1. The minimum absolute atomic E-state index is 0.0301. The molecule has 4 heterocycles. The van der Waals surface area contributed by atoms with Crippen molar-refractivity contribution in [2.45, 2.75) is 25.4 Å². The summed E-state index contributed by atoms with van der Waals surface area (Å²) in [7, 11) is 0. The second-order valence-electron chi connectivity index (χ2n) is 8.61. The van der Waals surface area contributed by atoms with Gasteiger partial charge in [-0.3, -0.25) is 14.7 Å². The second kappa shape index (κ2) is 9.24. The number of halogens is 1. The van der Waals surface area contributed by atoms with Gasteiger partial charge < -0.3 is 10.2 Å². The third kappa shape index (κ3) is 4.25. The van der Waals surface area contributed by atoms with Crippen molar-refractivity contribution in [1.82, 2.24) is 40.3 Å². The molecule has 2 aromatic heterocycles.